The van der Waals surface area contributed by atoms with Crippen molar-refractivity contribution in [3.63, 3.8) is 0 Å². The molecule has 0 aliphatic carbocycles. The third kappa shape index (κ3) is 4.75. The summed E-state index contributed by atoms with van der Waals surface area (Å²) in [6, 6.07) is 13.4. The summed E-state index contributed by atoms with van der Waals surface area (Å²) in [6.45, 7) is 5.95. The summed E-state index contributed by atoms with van der Waals surface area (Å²) in [7, 11) is 0. The molecule has 5 nitrogen and oxygen atoms in total. The van der Waals surface area contributed by atoms with Gasteiger partial charge in [0.15, 0.2) is 0 Å². The van der Waals surface area contributed by atoms with Crippen LogP contribution in [0, 0.1) is 0 Å². The van der Waals surface area contributed by atoms with Crippen LogP contribution in [0.3, 0.4) is 0 Å². The lowest BCUT2D eigenvalue weighted by atomic mass is 10.1. The third-order valence-electron chi connectivity index (χ3n) is 4.66. The molecule has 0 bridgehead atoms. The minimum absolute atomic E-state index is 0.0863. The van der Waals surface area contributed by atoms with Gasteiger partial charge in [0.05, 0.1) is 6.61 Å². The van der Waals surface area contributed by atoms with E-state index in [1.54, 1.807) is 6.20 Å². The van der Waals surface area contributed by atoms with Crippen LogP contribution < -0.4 is 9.64 Å². The highest BCUT2D eigenvalue weighted by Crippen LogP contribution is 2.17. The van der Waals surface area contributed by atoms with Crippen LogP contribution >= 0.6 is 0 Å². The van der Waals surface area contributed by atoms with Gasteiger partial charge in [-0.15, -0.1) is 0 Å². The molecule has 26 heavy (non-hydrogen) atoms. The Morgan fingerprint density at radius 1 is 1.04 bits per heavy atom. The molecular formula is C21H27N3O2. The molecule has 1 aliphatic rings. The number of carbonyl (C=O) groups excluding carboxylic acids is 1. The first-order valence-electron chi connectivity index (χ1n) is 9.46. The van der Waals surface area contributed by atoms with E-state index in [0.717, 1.165) is 43.2 Å². The van der Waals surface area contributed by atoms with Crippen molar-refractivity contribution in [2.24, 2.45) is 0 Å². The van der Waals surface area contributed by atoms with E-state index in [1.165, 1.54) is 12.8 Å². The average molecular weight is 353 g/mol. The van der Waals surface area contributed by atoms with Gasteiger partial charge < -0.3 is 14.5 Å². The van der Waals surface area contributed by atoms with Crippen LogP contribution in [0.1, 0.15) is 36.5 Å². The summed E-state index contributed by atoms with van der Waals surface area (Å²) in [4.78, 5) is 21.2. The number of hydrogen-bond donors (Lipinski definition) is 0. The summed E-state index contributed by atoms with van der Waals surface area (Å²) < 4.78 is 5.71. The maximum absolute atomic E-state index is 12.7. The van der Waals surface area contributed by atoms with Gasteiger partial charge in [-0.05, 0) is 42.8 Å². The van der Waals surface area contributed by atoms with E-state index in [0.29, 0.717) is 13.1 Å². The second kappa shape index (κ2) is 9.22. The minimum atomic E-state index is 0.0863. The number of piperazine rings is 1. The van der Waals surface area contributed by atoms with E-state index < -0.39 is 0 Å². The highest BCUT2D eigenvalue weighted by atomic mass is 16.5. The average Bonchev–Trinajstić information content (AvgIpc) is 2.72. The second-order valence-corrected chi connectivity index (χ2v) is 6.55. The standard InChI is InChI=1S/C21H27N3O2/c1-2-3-6-17-26-19-10-8-18(9-11-19)21(25)24-15-13-23(14-16-24)20-7-4-5-12-22-20/h4-5,7-12H,2-3,6,13-17H2,1H3. The van der Waals surface area contributed by atoms with Crippen molar-refractivity contribution < 1.29 is 9.53 Å². The quantitative estimate of drug-likeness (QED) is 0.713. The van der Waals surface area contributed by atoms with Crippen LogP contribution in [0.5, 0.6) is 5.75 Å². The minimum Gasteiger partial charge on any atom is -0.494 e. The predicted octanol–water partition coefficient (Wildman–Crippen LogP) is 3.61. The summed E-state index contributed by atoms with van der Waals surface area (Å²) in [6.07, 6.45) is 5.24. The molecule has 1 aromatic heterocycles. The van der Waals surface area contributed by atoms with Crippen LogP contribution in [-0.2, 0) is 0 Å². The molecule has 0 radical (unpaired) electrons. The zero-order valence-electron chi connectivity index (χ0n) is 15.4. The van der Waals surface area contributed by atoms with Gasteiger partial charge in [0.25, 0.3) is 5.91 Å². The number of ether oxygens (including phenoxy) is 1. The number of rotatable bonds is 7. The fraction of sp³-hybridized carbons (Fsp3) is 0.429. The molecule has 0 spiro atoms. The molecule has 138 valence electrons. The Morgan fingerprint density at radius 3 is 2.46 bits per heavy atom. The smallest absolute Gasteiger partial charge is 0.253 e. The molecular weight excluding hydrogens is 326 g/mol. The second-order valence-electron chi connectivity index (χ2n) is 6.55. The Labute approximate surface area is 155 Å². The number of nitrogens with zero attached hydrogens (tertiary/aromatic N) is 3. The molecule has 1 aliphatic heterocycles. The normalized spacial score (nSPS) is 14.3. The SMILES string of the molecule is CCCCCOc1ccc(C(=O)N2CCN(c3ccccn3)CC2)cc1. The lowest BCUT2D eigenvalue weighted by molar-refractivity contribution is 0.0746. The molecule has 1 saturated heterocycles. The predicted molar refractivity (Wildman–Crippen MR) is 104 cm³/mol. The summed E-state index contributed by atoms with van der Waals surface area (Å²) in [5.41, 5.74) is 0.720. The molecule has 1 amide bonds. The molecule has 0 atom stereocenters. The fourth-order valence-corrected chi connectivity index (χ4v) is 3.10. The monoisotopic (exact) mass is 353 g/mol. The summed E-state index contributed by atoms with van der Waals surface area (Å²) >= 11 is 0. The van der Waals surface area contributed by atoms with Crippen LogP contribution in [0.25, 0.3) is 0 Å². The van der Waals surface area contributed by atoms with Crippen LogP contribution in [0.4, 0.5) is 5.82 Å². The first-order valence-corrected chi connectivity index (χ1v) is 9.46. The zero-order valence-corrected chi connectivity index (χ0v) is 15.4. The maximum atomic E-state index is 12.7. The third-order valence-corrected chi connectivity index (χ3v) is 4.66. The van der Waals surface area contributed by atoms with Crippen molar-refractivity contribution in [2.45, 2.75) is 26.2 Å². The first-order chi connectivity index (χ1) is 12.8. The molecule has 5 heteroatoms. The van der Waals surface area contributed by atoms with E-state index in [2.05, 4.69) is 16.8 Å². The van der Waals surface area contributed by atoms with E-state index in [-0.39, 0.29) is 5.91 Å². The Hall–Kier alpha value is -2.56. The largest absolute Gasteiger partial charge is 0.494 e. The summed E-state index contributed by atoms with van der Waals surface area (Å²) in [5.74, 6) is 1.89. The van der Waals surface area contributed by atoms with E-state index in [9.17, 15) is 4.79 Å². The number of hydrogen-bond acceptors (Lipinski definition) is 4. The number of aromatic nitrogens is 1. The molecule has 0 saturated carbocycles. The van der Waals surface area contributed by atoms with Crippen LogP contribution in [-0.4, -0.2) is 48.6 Å². The van der Waals surface area contributed by atoms with Crippen LogP contribution in [0.15, 0.2) is 48.7 Å². The topological polar surface area (TPSA) is 45.7 Å². The lowest BCUT2D eigenvalue weighted by Crippen LogP contribution is -2.49. The molecule has 1 aromatic carbocycles. The van der Waals surface area contributed by atoms with Gasteiger partial charge in [-0.1, -0.05) is 25.8 Å². The van der Waals surface area contributed by atoms with Gasteiger partial charge in [-0.2, -0.15) is 0 Å². The van der Waals surface area contributed by atoms with Crippen molar-refractivity contribution in [1.29, 1.82) is 0 Å². The number of pyridine rings is 1. The van der Waals surface area contributed by atoms with Gasteiger partial charge in [0, 0.05) is 37.9 Å². The fourth-order valence-electron chi connectivity index (χ4n) is 3.10. The number of amides is 1. The van der Waals surface area contributed by atoms with Gasteiger partial charge >= 0.3 is 0 Å². The summed E-state index contributed by atoms with van der Waals surface area (Å²) in [5, 5.41) is 0. The van der Waals surface area contributed by atoms with E-state index in [4.69, 9.17) is 4.74 Å². The highest BCUT2D eigenvalue weighted by Gasteiger charge is 2.22. The number of carbonyl (C=O) groups is 1. The first kappa shape index (κ1) is 18.2. The van der Waals surface area contributed by atoms with E-state index >= 15 is 0 Å². The zero-order chi connectivity index (χ0) is 18.2. The Balaban J connectivity index is 1.50. The molecule has 1 fully saturated rings. The van der Waals surface area contributed by atoms with Crippen molar-refractivity contribution in [3.8, 4) is 5.75 Å². The maximum Gasteiger partial charge on any atom is 0.253 e. The van der Waals surface area contributed by atoms with Crippen molar-refractivity contribution in [3.05, 3.63) is 54.2 Å². The van der Waals surface area contributed by atoms with Gasteiger partial charge in [0.2, 0.25) is 0 Å². The van der Waals surface area contributed by atoms with Gasteiger partial charge in [0.1, 0.15) is 11.6 Å². The molecule has 2 aromatic rings. The number of unbranched alkanes of at least 4 members (excludes halogenated alkanes) is 2. The van der Waals surface area contributed by atoms with E-state index in [1.807, 2.05) is 47.4 Å². The number of anilines is 1. The van der Waals surface area contributed by atoms with Crippen molar-refractivity contribution in [1.82, 2.24) is 9.88 Å². The molecule has 0 N–H and O–H groups in total. The molecule has 3 rings (SSSR count). The molecule has 0 unspecified atom stereocenters. The van der Waals surface area contributed by atoms with Crippen LogP contribution in [0.2, 0.25) is 0 Å². The number of benzene rings is 1. The van der Waals surface area contributed by atoms with Gasteiger partial charge in [-0.25, -0.2) is 4.98 Å². The van der Waals surface area contributed by atoms with Gasteiger partial charge in [-0.3, -0.25) is 4.79 Å². The van der Waals surface area contributed by atoms with Crippen molar-refractivity contribution >= 4 is 11.7 Å². The Bertz CT molecular complexity index is 680. The molecule has 2 heterocycles. The Morgan fingerprint density at radius 2 is 1.81 bits per heavy atom. The van der Waals surface area contributed by atoms with Crippen molar-refractivity contribution in [2.75, 3.05) is 37.7 Å². The Kier molecular flexibility index (Phi) is 6.47. The lowest BCUT2D eigenvalue weighted by Gasteiger charge is -2.35. The highest BCUT2D eigenvalue weighted by molar-refractivity contribution is 5.94.